The van der Waals surface area contributed by atoms with Gasteiger partial charge in [-0.1, -0.05) is 43.2 Å². The summed E-state index contributed by atoms with van der Waals surface area (Å²) < 4.78 is 0. The largest absolute Gasteiger partial charge is 0.351 e. The molecular formula is C28H30N2O3S. The maximum Gasteiger partial charge on any atom is 0.248 e. The number of nitrogens with one attached hydrogen (secondary N) is 1. The van der Waals surface area contributed by atoms with Gasteiger partial charge in [-0.2, -0.15) is 0 Å². The normalized spacial score (nSPS) is 14.5. The van der Waals surface area contributed by atoms with Crippen LogP contribution in [-0.4, -0.2) is 23.6 Å². The average Bonchev–Trinajstić information content (AvgIpc) is 3.52. The van der Waals surface area contributed by atoms with Crippen LogP contribution in [-0.2, 0) is 16.0 Å². The molecule has 1 fully saturated rings. The third-order valence-electron chi connectivity index (χ3n) is 6.42. The van der Waals surface area contributed by atoms with E-state index in [1.807, 2.05) is 48.7 Å². The second-order valence-corrected chi connectivity index (χ2v) is 9.90. The molecule has 0 radical (unpaired) electrons. The molecule has 0 bridgehead atoms. The minimum Gasteiger partial charge on any atom is -0.351 e. The number of Topliss-reactive ketones (excluding diaryl/α,β-unsaturated/α-hetero) is 1. The summed E-state index contributed by atoms with van der Waals surface area (Å²) in [5.74, 6) is -0.373. The number of hydrogen-bond acceptors (Lipinski definition) is 4. The molecule has 1 N–H and O–H groups in total. The fraction of sp³-hybridized carbons (Fsp3) is 0.321. The summed E-state index contributed by atoms with van der Waals surface area (Å²) in [7, 11) is 0. The molecule has 34 heavy (non-hydrogen) atoms. The molecule has 0 unspecified atom stereocenters. The van der Waals surface area contributed by atoms with Crippen molar-refractivity contribution in [3.8, 4) is 0 Å². The minimum absolute atomic E-state index is 0.0440. The minimum atomic E-state index is -0.808. The van der Waals surface area contributed by atoms with E-state index in [4.69, 9.17) is 0 Å². The SMILES string of the molecule is CC(=O)c1ccc(N(C(=O)Cc2cccs2)[C@H](C(=O)NC2CCCC2)c2ccccc2C)cc1. The van der Waals surface area contributed by atoms with Gasteiger partial charge in [0.15, 0.2) is 5.78 Å². The van der Waals surface area contributed by atoms with Gasteiger partial charge in [-0.3, -0.25) is 19.3 Å². The Labute approximate surface area is 204 Å². The van der Waals surface area contributed by atoms with Crippen LogP contribution in [0, 0.1) is 6.92 Å². The van der Waals surface area contributed by atoms with Crippen molar-refractivity contribution in [3.63, 3.8) is 0 Å². The summed E-state index contributed by atoms with van der Waals surface area (Å²) in [4.78, 5) is 42.0. The summed E-state index contributed by atoms with van der Waals surface area (Å²) in [6.07, 6.45) is 4.33. The summed E-state index contributed by atoms with van der Waals surface area (Å²) in [6, 6.07) is 17.9. The van der Waals surface area contributed by atoms with Gasteiger partial charge in [-0.05, 0) is 73.5 Å². The van der Waals surface area contributed by atoms with E-state index in [1.165, 1.54) is 18.3 Å². The Balaban J connectivity index is 1.78. The third kappa shape index (κ3) is 5.45. The molecule has 5 nitrogen and oxygen atoms in total. The van der Waals surface area contributed by atoms with Crippen molar-refractivity contribution in [1.82, 2.24) is 5.32 Å². The van der Waals surface area contributed by atoms with E-state index >= 15 is 0 Å². The van der Waals surface area contributed by atoms with Crippen molar-refractivity contribution in [1.29, 1.82) is 0 Å². The monoisotopic (exact) mass is 474 g/mol. The lowest BCUT2D eigenvalue weighted by atomic mass is 9.97. The van der Waals surface area contributed by atoms with Crippen LogP contribution in [0.5, 0.6) is 0 Å². The first-order valence-electron chi connectivity index (χ1n) is 11.8. The average molecular weight is 475 g/mol. The highest BCUT2D eigenvalue weighted by Gasteiger charge is 2.35. The van der Waals surface area contributed by atoms with Crippen LogP contribution in [0.2, 0.25) is 0 Å². The van der Waals surface area contributed by atoms with E-state index in [0.29, 0.717) is 11.3 Å². The maximum atomic E-state index is 13.8. The van der Waals surface area contributed by atoms with E-state index in [9.17, 15) is 14.4 Å². The lowest BCUT2D eigenvalue weighted by Crippen LogP contribution is -2.47. The second kappa shape index (κ2) is 10.8. The first-order chi connectivity index (χ1) is 16.4. The molecule has 0 spiro atoms. The van der Waals surface area contributed by atoms with Crippen LogP contribution < -0.4 is 10.2 Å². The Morgan fingerprint density at radius 2 is 1.71 bits per heavy atom. The molecular weight excluding hydrogens is 444 g/mol. The fourth-order valence-corrected chi connectivity index (χ4v) is 5.28. The number of carbonyl (C=O) groups is 3. The first kappa shape index (κ1) is 23.9. The Hall–Kier alpha value is -3.25. The summed E-state index contributed by atoms with van der Waals surface area (Å²) in [5, 5.41) is 5.16. The second-order valence-electron chi connectivity index (χ2n) is 8.87. The zero-order valence-corrected chi connectivity index (χ0v) is 20.4. The van der Waals surface area contributed by atoms with E-state index in [0.717, 1.165) is 41.7 Å². The summed E-state index contributed by atoms with van der Waals surface area (Å²) >= 11 is 1.52. The number of amides is 2. The number of anilines is 1. The van der Waals surface area contributed by atoms with Crippen LogP contribution in [0.3, 0.4) is 0 Å². The van der Waals surface area contributed by atoms with Crippen molar-refractivity contribution in [3.05, 3.63) is 87.6 Å². The smallest absolute Gasteiger partial charge is 0.248 e. The zero-order chi connectivity index (χ0) is 24.1. The van der Waals surface area contributed by atoms with Gasteiger partial charge in [0.2, 0.25) is 11.8 Å². The van der Waals surface area contributed by atoms with Crippen LogP contribution in [0.1, 0.15) is 65.0 Å². The van der Waals surface area contributed by atoms with Gasteiger partial charge >= 0.3 is 0 Å². The van der Waals surface area contributed by atoms with E-state index in [-0.39, 0.29) is 30.1 Å². The number of benzene rings is 2. The van der Waals surface area contributed by atoms with Gasteiger partial charge in [-0.25, -0.2) is 0 Å². The molecule has 1 aliphatic carbocycles. The Morgan fingerprint density at radius 1 is 1.00 bits per heavy atom. The van der Waals surface area contributed by atoms with Crippen molar-refractivity contribution in [2.24, 2.45) is 0 Å². The third-order valence-corrected chi connectivity index (χ3v) is 7.29. The van der Waals surface area contributed by atoms with Crippen molar-refractivity contribution in [2.45, 2.75) is 58.0 Å². The Kier molecular flexibility index (Phi) is 7.58. The highest BCUT2D eigenvalue weighted by molar-refractivity contribution is 7.10. The van der Waals surface area contributed by atoms with Crippen LogP contribution in [0.25, 0.3) is 0 Å². The molecule has 0 aliphatic heterocycles. The molecule has 0 saturated heterocycles. The molecule has 1 aliphatic rings. The summed E-state index contributed by atoms with van der Waals surface area (Å²) in [5.41, 5.74) is 2.91. The molecule has 1 heterocycles. The predicted octanol–water partition coefficient (Wildman–Crippen LogP) is 5.63. The van der Waals surface area contributed by atoms with Crippen LogP contribution >= 0.6 is 11.3 Å². The number of hydrogen-bond donors (Lipinski definition) is 1. The first-order valence-corrected chi connectivity index (χ1v) is 12.6. The Morgan fingerprint density at radius 3 is 2.32 bits per heavy atom. The van der Waals surface area contributed by atoms with Crippen molar-refractivity contribution in [2.75, 3.05) is 4.90 Å². The molecule has 2 aromatic carbocycles. The lowest BCUT2D eigenvalue weighted by molar-refractivity contribution is -0.127. The van der Waals surface area contributed by atoms with Crippen molar-refractivity contribution < 1.29 is 14.4 Å². The molecule has 176 valence electrons. The van der Waals surface area contributed by atoms with E-state index in [2.05, 4.69) is 5.32 Å². The Bertz CT molecular complexity index is 1150. The molecule has 3 aromatic rings. The van der Waals surface area contributed by atoms with E-state index in [1.54, 1.807) is 29.2 Å². The number of ketones is 1. The molecule has 4 rings (SSSR count). The van der Waals surface area contributed by atoms with Gasteiger partial charge in [0.25, 0.3) is 0 Å². The van der Waals surface area contributed by atoms with E-state index < -0.39 is 6.04 Å². The molecule has 1 aromatic heterocycles. The highest BCUT2D eigenvalue weighted by Crippen LogP contribution is 2.32. The van der Waals surface area contributed by atoms with Gasteiger partial charge in [-0.15, -0.1) is 11.3 Å². The fourth-order valence-electron chi connectivity index (χ4n) is 4.58. The number of nitrogens with zero attached hydrogens (tertiary/aromatic N) is 1. The quantitative estimate of drug-likeness (QED) is 0.430. The van der Waals surface area contributed by atoms with Gasteiger partial charge in [0, 0.05) is 22.2 Å². The van der Waals surface area contributed by atoms with Crippen LogP contribution in [0.4, 0.5) is 5.69 Å². The van der Waals surface area contributed by atoms with Crippen molar-refractivity contribution >= 4 is 34.6 Å². The van der Waals surface area contributed by atoms with Gasteiger partial charge in [0.05, 0.1) is 6.42 Å². The zero-order valence-electron chi connectivity index (χ0n) is 19.6. The van der Waals surface area contributed by atoms with Gasteiger partial charge < -0.3 is 5.32 Å². The summed E-state index contributed by atoms with van der Waals surface area (Å²) in [6.45, 7) is 3.48. The van der Waals surface area contributed by atoms with Gasteiger partial charge in [0.1, 0.15) is 6.04 Å². The van der Waals surface area contributed by atoms with Crippen LogP contribution in [0.15, 0.2) is 66.0 Å². The highest BCUT2D eigenvalue weighted by atomic mass is 32.1. The molecule has 6 heteroatoms. The number of aryl methyl sites for hydroxylation is 1. The molecule has 2 amide bonds. The topological polar surface area (TPSA) is 66.5 Å². The standard InChI is InChI=1S/C28H30N2O3S/c1-19-8-3-6-12-25(19)27(28(33)29-22-9-4-5-10-22)30(26(32)18-24-11-7-17-34-24)23-15-13-21(14-16-23)20(2)31/h3,6-8,11-17,22,27H,4-5,9-10,18H2,1-2H3,(H,29,33)/t27-/m0/s1. The molecule has 1 saturated carbocycles. The maximum absolute atomic E-state index is 13.8. The number of carbonyl (C=O) groups excluding carboxylic acids is 3. The lowest BCUT2D eigenvalue weighted by Gasteiger charge is -2.33. The predicted molar refractivity (Wildman–Crippen MR) is 136 cm³/mol. The number of thiophene rings is 1. The number of rotatable bonds is 8. The molecule has 1 atom stereocenters.